The molecule has 3 aromatic heterocycles. The van der Waals surface area contributed by atoms with Crippen molar-refractivity contribution in [1.29, 1.82) is 0 Å². The van der Waals surface area contributed by atoms with Crippen molar-refractivity contribution in [3.63, 3.8) is 0 Å². The molecule has 3 rings (SSSR count). The molecule has 0 aliphatic rings. The Morgan fingerprint density at radius 1 is 1.38 bits per heavy atom. The fourth-order valence-electron chi connectivity index (χ4n) is 2.03. The molecule has 0 aromatic carbocycles. The number of hydrogen-bond acceptors (Lipinski definition) is 5. The van der Waals surface area contributed by atoms with E-state index in [1.54, 1.807) is 0 Å². The number of thiophene rings is 1. The van der Waals surface area contributed by atoms with Crippen molar-refractivity contribution in [2.45, 2.75) is 19.4 Å². The van der Waals surface area contributed by atoms with Gasteiger partial charge in [-0.15, -0.1) is 11.3 Å². The molecular weight excluding hydrogens is 308 g/mol. The maximum absolute atomic E-state index is 6.00. The van der Waals surface area contributed by atoms with Crippen LogP contribution in [0.4, 0.5) is 0 Å². The van der Waals surface area contributed by atoms with E-state index in [1.807, 2.05) is 31.6 Å². The minimum Gasteiger partial charge on any atom is -0.366 e. The molecule has 0 radical (unpaired) electrons. The van der Waals surface area contributed by atoms with E-state index in [0.717, 1.165) is 26.8 Å². The average Bonchev–Trinajstić information content (AvgIpc) is 3.17. The van der Waals surface area contributed by atoms with Gasteiger partial charge in [0.25, 0.3) is 5.89 Å². The Morgan fingerprint density at radius 3 is 2.90 bits per heavy atom. The lowest BCUT2D eigenvalue weighted by Gasteiger charge is -2.04. The van der Waals surface area contributed by atoms with Gasteiger partial charge in [0, 0.05) is 35.3 Å². The summed E-state index contributed by atoms with van der Waals surface area (Å²) in [7, 11) is 1.91. The zero-order valence-corrected chi connectivity index (χ0v) is 13.3. The number of rotatable bonds is 5. The number of halogens is 1. The molecule has 3 aromatic rings. The topological polar surface area (TPSA) is 66.7 Å². The summed E-state index contributed by atoms with van der Waals surface area (Å²) in [5.74, 6) is 1.22. The maximum Gasteiger partial charge on any atom is 0.260 e. The van der Waals surface area contributed by atoms with Gasteiger partial charge in [0.05, 0.1) is 9.90 Å². The van der Waals surface area contributed by atoms with Crippen LogP contribution in [0, 0.1) is 0 Å². The summed E-state index contributed by atoms with van der Waals surface area (Å²) in [6.45, 7) is 2.07. The second kappa shape index (κ2) is 6.01. The molecule has 0 amide bonds. The van der Waals surface area contributed by atoms with Crippen molar-refractivity contribution in [3.8, 4) is 21.9 Å². The SMILES string of the molecule is CNC(C)Cc1noc(-c2c[nH]cc2-c2ccc(Cl)s2)n1. The van der Waals surface area contributed by atoms with E-state index in [1.165, 1.54) is 11.3 Å². The first-order valence-corrected chi connectivity index (χ1v) is 7.79. The van der Waals surface area contributed by atoms with Crippen molar-refractivity contribution in [3.05, 3.63) is 34.7 Å². The van der Waals surface area contributed by atoms with Crippen LogP contribution in [0.1, 0.15) is 12.7 Å². The van der Waals surface area contributed by atoms with Gasteiger partial charge in [-0.1, -0.05) is 16.8 Å². The summed E-state index contributed by atoms with van der Waals surface area (Å²) in [5, 5.41) is 7.19. The van der Waals surface area contributed by atoms with Gasteiger partial charge < -0.3 is 14.8 Å². The minimum atomic E-state index is 0.303. The third kappa shape index (κ3) is 3.02. The van der Waals surface area contributed by atoms with Crippen LogP contribution >= 0.6 is 22.9 Å². The monoisotopic (exact) mass is 322 g/mol. The number of likely N-dealkylation sites (N-methyl/N-ethyl adjacent to an activating group) is 1. The highest BCUT2D eigenvalue weighted by Gasteiger charge is 2.17. The Balaban J connectivity index is 1.90. The summed E-state index contributed by atoms with van der Waals surface area (Å²) in [4.78, 5) is 8.63. The molecule has 21 heavy (non-hydrogen) atoms. The number of hydrogen-bond donors (Lipinski definition) is 2. The van der Waals surface area contributed by atoms with Crippen LogP contribution in [0.2, 0.25) is 4.34 Å². The molecule has 1 unspecified atom stereocenters. The van der Waals surface area contributed by atoms with Gasteiger partial charge in [-0.2, -0.15) is 4.98 Å². The van der Waals surface area contributed by atoms with E-state index >= 15 is 0 Å². The quantitative estimate of drug-likeness (QED) is 0.753. The van der Waals surface area contributed by atoms with Crippen molar-refractivity contribution in [2.75, 3.05) is 7.05 Å². The molecule has 0 fully saturated rings. The van der Waals surface area contributed by atoms with Gasteiger partial charge in [0.2, 0.25) is 0 Å². The van der Waals surface area contributed by atoms with Crippen LogP contribution in [-0.2, 0) is 6.42 Å². The highest BCUT2D eigenvalue weighted by molar-refractivity contribution is 7.19. The van der Waals surface area contributed by atoms with E-state index < -0.39 is 0 Å². The molecule has 0 bridgehead atoms. The minimum absolute atomic E-state index is 0.303. The second-order valence-corrected chi connectivity index (χ2v) is 6.51. The lowest BCUT2D eigenvalue weighted by atomic mass is 10.1. The van der Waals surface area contributed by atoms with Gasteiger partial charge in [0.15, 0.2) is 5.82 Å². The summed E-state index contributed by atoms with van der Waals surface area (Å²) in [6, 6.07) is 4.17. The Kier molecular flexibility index (Phi) is 4.10. The molecule has 0 saturated heterocycles. The first-order valence-electron chi connectivity index (χ1n) is 6.60. The fraction of sp³-hybridized carbons (Fsp3) is 0.286. The second-order valence-electron chi connectivity index (χ2n) is 4.80. The molecule has 0 aliphatic heterocycles. The summed E-state index contributed by atoms with van der Waals surface area (Å²) >= 11 is 7.52. The summed E-state index contributed by atoms with van der Waals surface area (Å²) in [5.41, 5.74) is 1.91. The third-order valence-electron chi connectivity index (χ3n) is 3.26. The van der Waals surface area contributed by atoms with E-state index in [0.29, 0.717) is 17.8 Å². The van der Waals surface area contributed by atoms with Gasteiger partial charge >= 0.3 is 0 Å². The number of aromatic amines is 1. The molecule has 2 N–H and O–H groups in total. The lowest BCUT2D eigenvalue weighted by Crippen LogP contribution is -2.24. The number of nitrogens with one attached hydrogen (secondary N) is 2. The summed E-state index contributed by atoms with van der Waals surface area (Å²) in [6.07, 6.45) is 4.50. The highest BCUT2D eigenvalue weighted by atomic mass is 35.5. The van der Waals surface area contributed by atoms with Crippen LogP contribution < -0.4 is 5.32 Å². The first kappa shape index (κ1) is 14.3. The van der Waals surface area contributed by atoms with Crippen LogP contribution in [0.25, 0.3) is 21.9 Å². The Hall–Kier alpha value is -1.63. The van der Waals surface area contributed by atoms with Crippen molar-refractivity contribution < 1.29 is 4.52 Å². The van der Waals surface area contributed by atoms with Crippen LogP contribution in [-0.4, -0.2) is 28.2 Å². The number of aromatic nitrogens is 3. The van der Waals surface area contributed by atoms with E-state index in [2.05, 4.69) is 27.4 Å². The Labute approximate surface area is 131 Å². The van der Waals surface area contributed by atoms with Crippen molar-refractivity contribution in [2.24, 2.45) is 0 Å². The molecule has 7 heteroatoms. The van der Waals surface area contributed by atoms with Crippen molar-refractivity contribution in [1.82, 2.24) is 20.4 Å². The summed E-state index contributed by atoms with van der Waals surface area (Å²) < 4.78 is 6.14. The van der Waals surface area contributed by atoms with Crippen LogP contribution in [0.3, 0.4) is 0 Å². The van der Waals surface area contributed by atoms with E-state index in [4.69, 9.17) is 16.1 Å². The molecule has 5 nitrogen and oxygen atoms in total. The Morgan fingerprint density at radius 2 is 2.19 bits per heavy atom. The third-order valence-corrected chi connectivity index (χ3v) is 4.53. The van der Waals surface area contributed by atoms with Gasteiger partial charge in [-0.25, -0.2) is 0 Å². The zero-order chi connectivity index (χ0) is 14.8. The first-order chi connectivity index (χ1) is 10.2. The zero-order valence-electron chi connectivity index (χ0n) is 11.7. The molecule has 0 saturated carbocycles. The van der Waals surface area contributed by atoms with Crippen molar-refractivity contribution >= 4 is 22.9 Å². The number of nitrogens with zero attached hydrogens (tertiary/aromatic N) is 2. The largest absolute Gasteiger partial charge is 0.366 e. The molecular formula is C14H15ClN4OS. The predicted octanol–water partition coefficient (Wildman–Crippen LogP) is 3.60. The molecule has 0 aliphatic carbocycles. The standard InChI is InChI=1S/C14H15ClN4OS/c1-8(16-2)5-13-18-14(20-19-13)10-7-17-6-9(10)11-3-4-12(15)21-11/h3-4,6-8,16-17H,5H2,1-2H3. The smallest absolute Gasteiger partial charge is 0.260 e. The molecule has 0 spiro atoms. The van der Waals surface area contributed by atoms with E-state index in [-0.39, 0.29) is 0 Å². The van der Waals surface area contributed by atoms with E-state index in [9.17, 15) is 0 Å². The predicted molar refractivity (Wildman–Crippen MR) is 84.6 cm³/mol. The lowest BCUT2D eigenvalue weighted by molar-refractivity contribution is 0.418. The van der Waals surface area contributed by atoms with Gasteiger partial charge in [0.1, 0.15) is 0 Å². The maximum atomic E-state index is 6.00. The normalized spacial score (nSPS) is 12.7. The van der Waals surface area contributed by atoms with Gasteiger partial charge in [-0.3, -0.25) is 0 Å². The van der Waals surface area contributed by atoms with Crippen LogP contribution in [0.5, 0.6) is 0 Å². The fourth-order valence-corrected chi connectivity index (χ4v) is 3.10. The molecule has 110 valence electrons. The number of H-pyrrole nitrogens is 1. The molecule has 1 atom stereocenters. The van der Waals surface area contributed by atoms with Gasteiger partial charge in [-0.05, 0) is 26.1 Å². The molecule has 3 heterocycles. The average molecular weight is 323 g/mol. The highest BCUT2D eigenvalue weighted by Crippen LogP contribution is 2.36. The Bertz CT molecular complexity index is 733. The van der Waals surface area contributed by atoms with Crippen LogP contribution in [0.15, 0.2) is 29.0 Å².